The van der Waals surface area contributed by atoms with E-state index in [9.17, 15) is 9.59 Å². The standard InChI is InChI=1S/C17H19ClN4O2S/c1-12(23)19-17-20-13(11-25-17)10-16(24)22-8-6-21(7-9-22)15-5-3-2-4-14(15)18/h2-5,11H,6-10H2,1H3,(H,19,20,23). The molecule has 25 heavy (non-hydrogen) atoms. The van der Waals surface area contributed by atoms with Crippen LogP contribution in [0.25, 0.3) is 0 Å². The summed E-state index contributed by atoms with van der Waals surface area (Å²) in [6, 6.07) is 7.75. The van der Waals surface area contributed by atoms with Gasteiger partial charge in [0.1, 0.15) is 0 Å². The fourth-order valence-electron chi connectivity index (χ4n) is 2.77. The molecule has 0 unspecified atom stereocenters. The van der Waals surface area contributed by atoms with Crippen LogP contribution in [-0.4, -0.2) is 47.9 Å². The zero-order valence-corrected chi connectivity index (χ0v) is 15.4. The second-order valence-electron chi connectivity index (χ2n) is 5.82. The number of piperazine rings is 1. The highest BCUT2D eigenvalue weighted by Gasteiger charge is 2.23. The third-order valence-corrected chi connectivity index (χ3v) is 5.12. The highest BCUT2D eigenvalue weighted by Crippen LogP contribution is 2.26. The van der Waals surface area contributed by atoms with Crippen LogP contribution in [0.3, 0.4) is 0 Å². The number of anilines is 2. The van der Waals surface area contributed by atoms with Crippen LogP contribution in [0.15, 0.2) is 29.6 Å². The van der Waals surface area contributed by atoms with E-state index in [4.69, 9.17) is 11.6 Å². The molecule has 0 aliphatic carbocycles. The summed E-state index contributed by atoms with van der Waals surface area (Å²) in [4.78, 5) is 31.8. The molecule has 1 aromatic heterocycles. The number of hydrogen-bond donors (Lipinski definition) is 1. The average Bonchev–Trinajstić information content (AvgIpc) is 3.01. The number of hydrogen-bond acceptors (Lipinski definition) is 5. The minimum atomic E-state index is -0.164. The van der Waals surface area contributed by atoms with Gasteiger partial charge in [-0.15, -0.1) is 11.3 Å². The van der Waals surface area contributed by atoms with Gasteiger partial charge in [-0.2, -0.15) is 0 Å². The van der Waals surface area contributed by atoms with E-state index in [1.54, 1.807) is 0 Å². The van der Waals surface area contributed by atoms with Gasteiger partial charge in [0, 0.05) is 38.5 Å². The summed E-state index contributed by atoms with van der Waals surface area (Å²) < 4.78 is 0. The Morgan fingerprint density at radius 2 is 1.96 bits per heavy atom. The molecule has 1 saturated heterocycles. The first-order valence-electron chi connectivity index (χ1n) is 8.02. The Bertz CT molecular complexity index is 772. The van der Waals surface area contributed by atoms with Crippen molar-refractivity contribution in [3.8, 4) is 0 Å². The molecule has 2 amide bonds. The van der Waals surface area contributed by atoms with Crippen molar-refractivity contribution < 1.29 is 9.59 Å². The molecular formula is C17H19ClN4O2S. The molecule has 0 bridgehead atoms. The largest absolute Gasteiger partial charge is 0.367 e. The molecule has 1 aliphatic rings. The summed E-state index contributed by atoms with van der Waals surface area (Å²) in [6.07, 6.45) is 0.252. The Morgan fingerprint density at radius 3 is 2.64 bits per heavy atom. The van der Waals surface area contributed by atoms with Crippen LogP contribution < -0.4 is 10.2 Å². The van der Waals surface area contributed by atoms with Crippen LogP contribution in [0, 0.1) is 0 Å². The molecule has 1 fully saturated rings. The molecule has 2 aromatic rings. The summed E-state index contributed by atoms with van der Waals surface area (Å²) in [5, 5.41) is 5.70. The maximum atomic E-state index is 12.5. The minimum absolute atomic E-state index is 0.0542. The molecule has 0 spiro atoms. The van der Waals surface area contributed by atoms with Crippen molar-refractivity contribution in [3.63, 3.8) is 0 Å². The maximum absolute atomic E-state index is 12.5. The van der Waals surface area contributed by atoms with Crippen LogP contribution in [0.5, 0.6) is 0 Å². The number of amides is 2. The predicted molar refractivity (Wildman–Crippen MR) is 100 cm³/mol. The monoisotopic (exact) mass is 378 g/mol. The van der Waals surface area contributed by atoms with Gasteiger partial charge < -0.3 is 15.1 Å². The number of nitrogens with zero attached hydrogens (tertiary/aromatic N) is 3. The first kappa shape index (κ1) is 17.7. The molecule has 6 nitrogen and oxygen atoms in total. The van der Waals surface area contributed by atoms with Crippen molar-refractivity contribution in [2.75, 3.05) is 36.4 Å². The Balaban J connectivity index is 1.54. The summed E-state index contributed by atoms with van der Waals surface area (Å²) >= 11 is 7.57. The molecule has 1 aliphatic heterocycles. The molecule has 1 N–H and O–H groups in total. The van der Waals surface area contributed by atoms with E-state index in [2.05, 4.69) is 15.2 Å². The van der Waals surface area contributed by atoms with Crippen molar-refractivity contribution in [2.24, 2.45) is 0 Å². The van der Waals surface area contributed by atoms with Crippen molar-refractivity contribution in [2.45, 2.75) is 13.3 Å². The quantitative estimate of drug-likeness (QED) is 0.888. The topological polar surface area (TPSA) is 65.5 Å². The van der Waals surface area contributed by atoms with Gasteiger partial charge in [0.15, 0.2) is 5.13 Å². The molecular weight excluding hydrogens is 360 g/mol. The van der Waals surface area contributed by atoms with E-state index in [1.807, 2.05) is 34.5 Å². The molecule has 2 heterocycles. The maximum Gasteiger partial charge on any atom is 0.228 e. The highest BCUT2D eigenvalue weighted by atomic mass is 35.5. The van der Waals surface area contributed by atoms with Gasteiger partial charge in [-0.25, -0.2) is 4.98 Å². The van der Waals surface area contributed by atoms with E-state index in [-0.39, 0.29) is 18.2 Å². The lowest BCUT2D eigenvalue weighted by Crippen LogP contribution is -2.49. The molecule has 3 rings (SSSR count). The number of carbonyl (C=O) groups excluding carboxylic acids is 2. The Kier molecular flexibility index (Phi) is 5.55. The van der Waals surface area contributed by atoms with E-state index in [1.165, 1.54) is 18.3 Å². The molecule has 8 heteroatoms. The van der Waals surface area contributed by atoms with Gasteiger partial charge >= 0.3 is 0 Å². The Hall–Kier alpha value is -2.12. The lowest BCUT2D eigenvalue weighted by Gasteiger charge is -2.36. The van der Waals surface area contributed by atoms with Gasteiger partial charge in [-0.3, -0.25) is 9.59 Å². The van der Waals surface area contributed by atoms with Crippen molar-refractivity contribution >= 4 is 45.6 Å². The van der Waals surface area contributed by atoms with Crippen LogP contribution in [-0.2, 0) is 16.0 Å². The second-order valence-corrected chi connectivity index (χ2v) is 7.09. The summed E-state index contributed by atoms with van der Waals surface area (Å²) in [6.45, 7) is 4.26. The van der Waals surface area contributed by atoms with E-state index in [0.717, 1.165) is 23.8 Å². The van der Waals surface area contributed by atoms with E-state index < -0.39 is 0 Å². The number of benzene rings is 1. The van der Waals surface area contributed by atoms with Crippen LogP contribution >= 0.6 is 22.9 Å². The van der Waals surface area contributed by atoms with E-state index in [0.29, 0.717) is 23.9 Å². The van der Waals surface area contributed by atoms with Crippen molar-refractivity contribution in [3.05, 3.63) is 40.4 Å². The van der Waals surface area contributed by atoms with Gasteiger partial charge in [-0.05, 0) is 12.1 Å². The van der Waals surface area contributed by atoms with Crippen LogP contribution in [0.2, 0.25) is 5.02 Å². The van der Waals surface area contributed by atoms with Crippen molar-refractivity contribution in [1.29, 1.82) is 0 Å². The lowest BCUT2D eigenvalue weighted by atomic mass is 10.2. The number of aromatic nitrogens is 1. The number of para-hydroxylation sites is 1. The average molecular weight is 379 g/mol. The SMILES string of the molecule is CC(=O)Nc1nc(CC(=O)N2CCN(c3ccccc3Cl)CC2)cs1. The molecule has 0 radical (unpaired) electrons. The first-order valence-corrected chi connectivity index (χ1v) is 9.28. The highest BCUT2D eigenvalue weighted by molar-refractivity contribution is 7.13. The number of halogens is 1. The number of thiazole rings is 1. The fraction of sp³-hybridized carbons (Fsp3) is 0.353. The van der Waals surface area contributed by atoms with Gasteiger partial charge in [0.25, 0.3) is 0 Å². The predicted octanol–water partition coefficient (Wildman–Crippen LogP) is 2.65. The molecule has 132 valence electrons. The zero-order chi connectivity index (χ0) is 17.8. The first-order chi connectivity index (χ1) is 12.0. The van der Waals surface area contributed by atoms with Gasteiger partial charge in [0.05, 0.1) is 22.8 Å². The summed E-state index contributed by atoms with van der Waals surface area (Å²) in [5.74, 6) is -0.110. The third kappa shape index (κ3) is 4.49. The van der Waals surface area contributed by atoms with Crippen LogP contribution in [0.4, 0.5) is 10.8 Å². The minimum Gasteiger partial charge on any atom is -0.367 e. The summed E-state index contributed by atoms with van der Waals surface area (Å²) in [7, 11) is 0. The lowest BCUT2D eigenvalue weighted by molar-refractivity contribution is -0.130. The molecule has 1 aromatic carbocycles. The number of carbonyl (C=O) groups is 2. The Labute approximate surface area is 155 Å². The number of rotatable bonds is 4. The molecule has 0 saturated carbocycles. The normalized spacial score (nSPS) is 14.5. The smallest absolute Gasteiger partial charge is 0.228 e. The van der Waals surface area contributed by atoms with Gasteiger partial charge in [-0.1, -0.05) is 23.7 Å². The summed E-state index contributed by atoms with van der Waals surface area (Å²) in [5.41, 5.74) is 1.70. The molecule has 0 atom stereocenters. The van der Waals surface area contributed by atoms with Crippen molar-refractivity contribution in [1.82, 2.24) is 9.88 Å². The fourth-order valence-corrected chi connectivity index (χ4v) is 3.78. The van der Waals surface area contributed by atoms with E-state index >= 15 is 0 Å². The van der Waals surface area contributed by atoms with Gasteiger partial charge in [0.2, 0.25) is 11.8 Å². The zero-order valence-electron chi connectivity index (χ0n) is 13.9. The number of nitrogens with one attached hydrogen (secondary N) is 1. The Morgan fingerprint density at radius 1 is 1.24 bits per heavy atom. The second kappa shape index (κ2) is 7.84. The van der Waals surface area contributed by atoms with Crippen LogP contribution in [0.1, 0.15) is 12.6 Å². The third-order valence-electron chi connectivity index (χ3n) is 3.99.